The van der Waals surface area contributed by atoms with Crippen LogP contribution in [0.5, 0.6) is 5.75 Å². The number of methoxy groups -OCH3 is 1. The van der Waals surface area contributed by atoms with Crippen LogP contribution in [0.25, 0.3) is 22.6 Å². The Balaban J connectivity index is 1.37. The van der Waals surface area contributed by atoms with E-state index in [1.807, 2.05) is 59.6 Å². The first-order chi connectivity index (χ1) is 20.8. The Hall–Kier alpha value is -4.23. The van der Waals surface area contributed by atoms with Crippen molar-refractivity contribution in [1.82, 2.24) is 9.88 Å². The molecule has 43 heavy (non-hydrogen) atoms. The Morgan fingerprint density at radius 3 is 2.58 bits per heavy atom. The number of hydrogen-bond acceptors (Lipinski definition) is 5. The van der Waals surface area contributed by atoms with Crippen molar-refractivity contribution in [3.05, 3.63) is 101 Å². The number of amides is 1. The lowest BCUT2D eigenvalue weighted by molar-refractivity contribution is -0.122. The minimum absolute atomic E-state index is 0.0414. The molecule has 2 aliphatic rings. The topological polar surface area (TPSA) is 60.9 Å². The number of aromatic amines is 1. The third-order valence-electron chi connectivity index (χ3n) is 8.21. The number of ether oxygens (including phenoxy) is 1. The average molecular weight is 591 g/mol. The van der Waals surface area contributed by atoms with Gasteiger partial charge in [-0.25, -0.2) is 4.99 Å². The first-order valence-electron chi connectivity index (χ1n) is 14.9. The van der Waals surface area contributed by atoms with Crippen molar-refractivity contribution >= 4 is 56.8 Å². The predicted molar refractivity (Wildman–Crippen MR) is 181 cm³/mol. The molecule has 0 spiro atoms. The maximum absolute atomic E-state index is 14.0. The molecule has 220 valence electrons. The number of fused-ring (bicyclic) bond motifs is 2. The molecule has 1 saturated heterocycles. The van der Waals surface area contributed by atoms with E-state index in [2.05, 4.69) is 67.9 Å². The molecule has 2 aliphatic heterocycles. The number of allylic oxidation sites excluding steroid dienone is 1. The van der Waals surface area contributed by atoms with E-state index < -0.39 is 0 Å². The van der Waals surface area contributed by atoms with Gasteiger partial charge in [0, 0.05) is 53.1 Å². The maximum atomic E-state index is 14.0. The summed E-state index contributed by atoms with van der Waals surface area (Å²) in [4.78, 5) is 27.1. The summed E-state index contributed by atoms with van der Waals surface area (Å²) in [6, 6.07) is 22.4. The predicted octanol–water partition coefficient (Wildman–Crippen LogP) is 8.44. The van der Waals surface area contributed by atoms with Crippen LogP contribution < -0.4 is 9.64 Å². The van der Waals surface area contributed by atoms with Gasteiger partial charge in [-0.1, -0.05) is 49.4 Å². The highest BCUT2D eigenvalue weighted by molar-refractivity contribution is 8.18. The van der Waals surface area contributed by atoms with E-state index in [4.69, 9.17) is 9.73 Å². The molecule has 3 aromatic carbocycles. The Bertz CT molecular complexity index is 1770. The number of anilines is 1. The quantitative estimate of drug-likeness (QED) is 0.209. The van der Waals surface area contributed by atoms with Crippen LogP contribution in [0.1, 0.15) is 50.8 Å². The largest absolute Gasteiger partial charge is 0.496 e. The summed E-state index contributed by atoms with van der Waals surface area (Å²) < 4.78 is 5.91. The van der Waals surface area contributed by atoms with E-state index >= 15 is 0 Å². The monoisotopic (exact) mass is 590 g/mol. The van der Waals surface area contributed by atoms with Gasteiger partial charge < -0.3 is 14.6 Å². The number of aromatic nitrogens is 1. The van der Waals surface area contributed by atoms with E-state index in [9.17, 15) is 4.79 Å². The van der Waals surface area contributed by atoms with Crippen molar-refractivity contribution in [1.29, 1.82) is 0 Å². The van der Waals surface area contributed by atoms with Crippen LogP contribution in [0.15, 0.2) is 88.9 Å². The van der Waals surface area contributed by atoms with E-state index in [0.717, 1.165) is 35.5 Å². The molecule has 6 nitrogen and oxygen atoms in total. The fourth-order valence-electron chi connectivity index (χ4n) is 6.16. The molecule has 0 saturated carbocycles. The lowest BCUT2D eigenvalue weighted by Crippen LogP contribution is -2.45. The molecule has 1 amide bonds. The van der Waals surface area contributed by atoms with Gasteiger partial charge in [0.15, 0.2) is 5.17 Å². The number of rotatable bonds is 8. The SMILES string of the molecule is CCCN1c2cc(OC)c(/C=C3/SC(=Nc4ccccc4)N(CCc4c[nH]c5ccccc45)C3=O)cc2C(C)=CC1(C)C. The maximum Gasteiger partial charge on any atom is 0.266 e. The normalized spacial score (nSPS) is 18.1. The van der Waals surface area contributed by atoms with Crippen LogP contribution in [0.4, 0.5) is 11.4 Å². The zero-order valence-electron chi connectivity index (χ0n) is 25.5. The van der Waals surface area contributed by atoms with Crippen LogP contribution in [-0.4, -0.2) is 46.7 Å². The average Bonchev–Trinajstić information content (AvgIpc) is 3.54. The molecular weight excluding hydrogens is 552 g/mol. The second-order valence-corrected chi connectivity index (χ2v) is 12.7. The van der Waals surface area contributed by atoms with Crippen LogP contribution >= 0.6 is 11.8 Å². The highest BCUT2D eigenvalue weighted by atomic mass is 32.2. The minimum Gasteiger partial charge on any atom is -0.496 e. The smallest absolute Gasteiger partial charge is 0.266 e. The van der Waals surface area contributed by atoms with Gasteiger partial charge in [0.1, 0.15) is 5.75 Å². The van der Waals surface area contributed by atoms with Crippen molar-refractivity contribution in [2.45, 2.75) is 46.1 Å². The van der Waals surface area contributed by atoms with Crippen molar-refractivity contribution in [3.8, 4) is 5.75 Å². The van der Waals surface area contributed by atoms with Crippen LogP contribution in [0, 0.1) is 0 Å². The van der Waals surface area contributed by atoms with Gasteiger partial charge in [-0.2, -0.15) is 0 Å². The van der Waals surface area contributed by atoms with Crippen molar-refractivity contribution in [2.75, 3.05) is 25.1 Å². The summed E-state index contributed by atoms with van der Waals surface area (Å²) in [7, 11) is 1.70. The van der Waals surface area contributed by atoms with Crippen molar-refractivity contribution in [3.63, 3.8) is 0 Å². The number of thioether (sulfide) groups is 1. The third kappa shape index (κ3) is 5.62. The molecule has 7 heteroatoms. The first kappa shape index (κ1) is 28.9. The molecule has 6 rings (SSSR count). The summed E-state index contributed by atoms with van der Waals surface area (Å²) in [5.41, 5.74) is 7.47. The number of benzene rings is 3. The Kier molecular flexibility index (Phi) is 7.93. The number of nitrogens with zero attached hydrogens (tertiary/aromatic N) is 3. The van der Waals surface area contributed by atoms with Gasteiger partial charge in [0.25, 0.3) is 5.91 Å². The molecule has 0 bridgehead atoms. The zero-order valence-corrected chi connectivity index (χ0v) is 26.3. The number of para-hydroxylation sites is 2. The van der Waals surface area contributed by atoms with Gasteiger partial charge in [-0.3, -0.25) is 9.69 Å². The number of amidine groups is 1. The molecule has 0 aliphatic carbocycles. The first-order valence-corrected chi connectivity index (χ1v) is 15.7. The van der Waals surface area contributed by atoms with E-state index in [1.54, 1.807) is 7.11 Å². The van der Waals surface area contributed by atoms with E-state index in [1.165, 1.54) is 39.5 Å². The third-order valence-corrected chi connectivity index (χ3v) is 9.22. The van der Waals surface area contributed by atoms with Crippen molar-refractivity contribution in [2.24, 2.45) is 4.99 Å². The van der Waals surface area contributed by atoms with E-state index in [-0.39, 0.29) is 11.4 Å². The summed E-state index contributed by atoms with van der Waals surface area (Å²) >= 11 is 1.42. The Labute approximate surface area is 258 Å². The van der Waals surface area contributed by atoms with Gasteiger partial charge in [0.05, 0.1) is 23.2 Å². The molecule has 1 fully saturated rings. The van der Waals surface area contributed by atoms with Crippen LogP contribution in [0.3, 0.4) is 0 Å². The Morgan fingerprint density at radius 1 is 1.05 bits per heavy atom. The molecule has 1 N–H and O–H groups in total. The van der Waals surface area contributed by atoms with Gasteiger partial charge >= 0.3 is 0 Å². The lowest BCUT2D eigenvalue weighted by atomic mass is 9.87. The fourth-order valence-corrected chi connectivity index (χ4v) is 7.17. The Morgan fingerprint density at radius 2 is 1.81 bits per heavy atom. The number of H-pyrrole nitrogens is 1. The molecule has 0 atom stereocenters. The van der Waals surface area contributed by atoms with Gasteiger partial charge in [-0.15, -0.1) is 0 Å². The number of nitrogens with one attached hydrogen (secondary N) is 1. The summed E-state index contributed by atoms with van der Waals surface area (Å²) in [5.74, 6) is 0.713. The van der Waals surface area contributed by atoms with Gasteiger partial charge in [0.2, 0.25) is 0 Å². The van der Waals surface area contributed by atoms with Gasteiger partial charge in [-0.05, 0) is 86.9 Å². The number of carbonyl (C=O) groups excluding carboxylic acids is 1. The zero-order chi connectivity index (χ0) is 30.1. The molecule has 4 aromatic rings. The number of hydrogen-bond donors (Lipinski definition) is 1. The van der Waals surface area contributed by atoms with Crippen LogP contribution in [-0.2, 0) is 11.2 Å². The molecular formula is C36H38N4O2S. The lowest BCUT2D eigenvalue weighted by Gasteiger charge is -2.43. The highest BCUT2D eigenvalue weighted by Gasteiger charge is 2.35. The minimum atomic E-state index is -0.0938. The fraction of sp³-hybridized carbons (Fsp3) is 0.278. The second-order valence-electron chi connectivity index (χ2n) is 11.7. The van der Waals surface area contributed by atoms with Crippen LogP contribution in [0.2, 0.25) is 0 Å². The summed E-state index contributed by atoms with van der Waals surface area (Å²) in [5, 5.41) is 1.87. The summed E-state index contributed by atoms with van der Waals surface area (Å²) in [6.45, 7) is 10.4. The second kappa shape index (κ2) is 11.8. The standard InChI is InChI=1S/C36H38N4O2S/c1-6-17-40-31-21-32(42-5)26(19-29(31)24(2)22-36(40,3)4)20-33-34(41)39(35(43-33)38-27-12-8-7-9-13-27)18-16-25-23-37-30-15-11-10-14-28(25)30/h7-15,19-23,37H,6,16-18H2,1-5H3/b33-20+,38-35?. The van der Waals surface area contributed by atoms with E-state index in [0.29, 0.717) is 23.0 Å². The number of aliphatic imine (C=N–C) groups is 1. The highest BCUT2D eigenvalue weighted by Crippen LogP contribution is 2.44. The summed E-state index contributed by atoms with van der Waals surface area (Å²) in [6.07, 6.45) is 8.11. The molecule has 3 heterocycles. The molecule has 0 unspecified atom stereocenters. The molecule has 1 aromatic heterocycles. The number of carbonyl (C=O) groups is 1. The van der Waals surface area contributed by atoms with Crippen molar-refractivity contribution < 1.29 is 9.53 Å². The molecule has 0 radical (unpaired) electrons.